The van der Waals surface area contributed by atoms with Crippen LogP contribution in [-0.4, -0.2) is 31.1 Å². The van der Waals surface area contributed by atoms with Crippen molar-refractivity contribution in [3.05, 3.63) is 48.5 Å². The van der Waals surface area contributed by atoms with Gasteiger partial charge in [-0.3, -0.25) is 15.2 Å². The lowest BCUT2D eigenvalue weighted by Crippen LogP contribution is -2.12. The van der Waals surface area contributed by atoms with E-state index in [9.17, 15) is 4.79 Å². The number of carbonyl (C=O) groups excluding carboxylic acids is 1. The second-order valence-corrected chi connectivity index (χ2v) is 4.57. The van der Waals surface area contributed by atoms with Gasteiger partial charge in [0.1, 0.15) is 0 Å². The fourth-order valence-corrected chi connectivity index (χ4v) is 2.09. The van der Waals surface area contributed by atoms with Crippen LogP contribution in [0.5, 0.6) is 0 Å². The number of carbonyl (C=O) groups is 1. The third kappa shape index (κ3) is 2.12. The Bertz CT molecular complexity index is 937. The van der Waals surface area contributed by atoms with E-state index < -0.39 is 0 Å². The molecule has 4 rings (SSSR count). The van der Waals surface area contributed by atoms with Gasteiger partial charge in [0.05, 0.1) is 23.6 Å². The maximum atomic E-state index is 12.2. The second kappa shape index (κ2) is 4.85. The predicted octanol–water partition coefficient (Wildman–Crippen LogP) is 2.19. The van der Waals surface area contributed by atoms with Gasteiger partial charge in [0, 0.05) is 5.56 Å². The molecular weight excluding hydrogens is 284 g/mol. The molecule has 1 amide bonds. The molecule has 0 bridgehead atoms. The Hall–Kier alpha value is -3.42. The molecular formula is C14H10N6O2. The normalized spacial score (nSPS) is 10.9. The highest BCUT2D eigenvalue weighted by molar-refractivity contribution is 6.05. The van der Waals surface area contributed by atoms with Crippen LogP contribution in [0, 0.1) is 0 Å². The van der Waals surface area contributed by atoms with Crippen LogP contribution in [0.3, 0.4) is 0 Å². The molecule has 0 atom stereocenters. The number of aromatic amines is 2. The Kier molecular flexibility index (Phi) is 2.72. The molecule has 0 saturated heterocycles. The zero-order valence-corrected chi connectivity index (χ0v) is 11.2. The Morgan fingerprint density at radius 1 is 1.27 bits per heavy atom. The quantitative estimate of drug-likeness (QED) is 0.536. The van der Waals surface area contributed by atoms with Crippen molar-refractivity contribution in [1.82, 2.24) is 25.1 Å². The summed E-state index contributed by atoms with van der Waals surface area (Å²) in [6, 6.07) is 8.68. The first-order valence-corrected chi connectivity index (χ1v) is 6.50. The molecule has 8 heteroatoms. The first kappa shape index (κ1) is 12.3. The van der Waals surface area contributed by atoms with Crippen molar-refractivity contribution < 1.29 is 9.21 Å². The monoisotopic (exact) mass is 294 g/mol. The molecule has 108 valence electrons. The van der Waals surface area contributed by atoms with Gasteiger partial charge in [-0.25, -0.2) is 4.98 Å². The number of nitrogens with zero attached hydrogens (tertiary/aromatic N) is 3. The highest BCUT2D eigenvalue weighted by atomic mass is 16.3. The van der Waals surface area contributed by atoms with Crippen molar-refractivity contribution in [1.29, 1.82) is 0 Å². The van der Waals surface area contributed by atoms with Crippen molar-refractivity contribution in [2.24, 2.45) is 0 Å². The van der Waals surface area contributed by atoms with Gasteiger partial charge >= 0.3 is 0 Å². The summed E-state index contributed by atoms with van der Waals surface area (Å²) in [6.07, 6.45) is 3.12. The van der Waals surface area contributed by atoms with E-state index >= 15 is 0 Å². The van der Waals surface area contributed by atoms with Gasteiger partial charge < -0.3 is 9.40 Å². The molecule has 0 aliphatic rings. The zero-order chi connectivity index (χ0) is 14.9. The maximum absolute atomic E-state index is 12.2. The Labute approximate surface area is 123 Å². The first-order chi connectivity index (χ1) is 10.8. The summed E-state index contributed by atoms with van der Waals surface area (Å²) >= 11 is 0. The van der Waals surface area contributed by atoms with E-state index in [1.807, 2.05) is 0 Å². The molecule has 0 aliphatic heterocycles. The number of H-pyrrole nitrogens is 2. The predicted molar refractivity (Wildman–Crippen MR) is 78.1 cm³/mol. The SMILES string of the molecule is O=C(Nc1n[nH]c(-c2ccco2)n1)c1ccc2nc[nH]c2c1. The number of hydrogen-bond acceptors (Lipinski definition) is 5. The summed E-state index contributed by atoms with van der Waals surface area (Å²) < 4.78 is 5.20. The molecule has 0 saturated carbocycles. The lowest BCUT2D eigenvalue weighted by Gasteiger charge is -2.00. The van der Waals surface area contributed by atoms with Crippen LogP contribution in [0.25, 0.3) is 22.6 Å². The van der Waals surface area contributed by atoms with E-state index in [0.717, 1.165) is 11.0 Å². The molecule has 0 fully saturated rings. The van der Waals surface area contributed by atoms with Crippen molar-refractivity contribution in [2.75, 3.05) is 5.32 Å². The van der Waals surface area contributed by atoms with E-state index in [0.29, 0.717) is 17.1 Å². The van der Waals surface area contributed by atoms with Crippen LogP contribution >= 0.6 is 0 Å². The molecule has 8 nitrogen and oxygen atoms in total. The van der Waals surface area contributed by atoms with Gasteiger partial charge in [-0.05, 0) is 30.3 Å². The van der Waals surface area contributed by atoms with Crippen molar-refractivity contribution in [2.45, 2.75) is 0 Å². The van der Waals surface area contributed by atoms with Crippen LogP contribution in [-0.2, 0) is 0 Å². The second-order valence-electron chi connectivity index (χ2n) is 4.57. The molecule has 4 aromatic rings. The fraction of sp³-hybridized carbons (Fsp3) is 0. The summed E-state index contributed by atoms with van der Waals surface area (Å²) in [6.45, 7) is 0. The number of amides is 1. The van der Waals surface area contributed by atoms with Gasteiger partial charge in [0.25, 0.3) is 5.91 Å². The number of imidazole rings is 1. The number of furan rings is 1. The molecule has 3 aromatic heterocycles. The Morgan fingerprint density at radius 3 is 3.09 bits per heavy atom. The lowest BCUT2D eigenvalue weighted by molar-refractivity contribution is 0.102. The topological polar surface area (TPSA) is 112 Å². The van der Waals surface area contributed by atoms with Crippen molar-refractivity contribution in [3.8, 4) is 11.6 Å². The Balaban J connectivity index is 1.56. The van der Waals surface area contributed by atoms with Crippen LogP contribution in [0.4, 0.5) is 5.95 Å². The summed E-state index contributed by atoms with van der Waals surface area (Å²) in [5.41, 5.74) is 2.08. The minimum Gasteiger partial charge on any atom is -0.461 e. The largest absolute Gasteiger partial charge is 0.461 e. The number of anilines is 1. The van der Waals surface area contributed by atoms with Gasteiger partial charge in [-0.15, -0.1) is 5.10 Å². The van der Waals surface area contributed by atoms with Crippen LogP contribution < -0.4 is 5.32 Å². The molecule has 0 aliphatic carbocycles. The standard InChI is InChI=1S/C14H10N6O2/c21-13(8-3-4-9-10(6-8)16-7-15-9)18-14-17-12(19-20-14)11-2-1-5-22-11/h1-7H,(H,15,16)(H2,17,18,19,20,21). The number of nitrogens with one attached hydrogen (secondary N) is 3. The summed E-state index contributed by atoms with van der Waals surface area (Å²) in [5.74, 6) is 0.874. The highest BCUT2D eigenvalue weighted by Gasteiger charge is 2.12. The van der Waals surface area contributed by atoms with Crippen molar-refractivity contribution >= 4 is 22.9 Å². The number of fused-ring (bicyclic) bond motifs is 1. The summed E-state index contributed by atoms with van der Waals surface area (Å²) in [5, 5.41) is 9.28. The zero-order valence-electron chi connectivity index (χ0n) is 11.2. The van der Waals surface area contributed by atoms with E-state index in [-0.39, 0.29) is 11.9 Å². The minimum absolute atomic E-state index is 0.182. The smallest absolute Gasteiger partial charge is 0.258 e. The highest BCUT2D eigenvalue weighted by Crippen LogP contribution is 2.17. The fourth-order valence-electron chi connectivity index (χ4n) is 2.09. The molecule has 3 N–H and O–H groups in total. The number of aromatic nitrogens is 5. The van der Waals surface area contributed by atoms with Crippen LogP contribution in [0.2, 0.25) is 0 Å². The average molecular weight is 294 g/mol. The lowest BCUT2D eigenvalue weighted by atomic mass is 10.2. The Morgan fingerprint density at radius 2 is 2.23 bits per heavy atom. The first-order valence-electron chi connectivity index (χ1n) is 6.50. The summed E-state index contributed by atoms with van der Waals surface area (Å²) in [7, 11) is 0. The van der Waals surface area contributed by atoms with E-state index in [1.165, 1.54) is 6.26 Å². The average Bonchev–Trinajstić information content (AvgIpc) is 3.27. The third-order valence-electron chi connectivity index (χ3n) is 3.15. The van der Waals surface area contributed by atoms with Gasteiger partial charge in [0.15, 0.2) is 11.6 Å². The minimum atomic E-state index is -0.304. The maximum Gasteiger partial charge on any atom is 0.258 e. The number of hydrogen-bond donors (Lipinski definition) is 3. The van der Waals surface area contributed by atoms with Gasteiger partial charge in [-0.2, -0.15) is 4.98 Å². The van der Waals surface area contributed by atoms with E-state index in [2.05, 4.69) is 30.5 Å². The molecule has 0 unspecified atom stereocenters. The van der Waals surface area contributed by atoms with Gasteiger partial charge in [-0.1, -0.05) is 0 Å². The molecule has 22 heavy (non-hydrogen) atoms. The number of rotatable bonds is 3. The molecule has 1 aromatic carbocycles. The molecule has 0 radical (unpaired) electrons. The van der Waals surface area contributed by atoms with E-state index in [4.69, 9.17) is 4.42 Å². The molecule has 3 heterocycles. The third-order valence-corrected chi connectivity index (χ3v) is 3.15. The van der Waals surface area contributed by atoms with E-state index in [1.54, 1.807) is 36.7 Å². The van der Waals surface area contributed by atoms with Crippen molar-refractivity contribution in [3.63, 3.8) is 0 Å². The summed E-state index contributed by atoms with van der Waals surface area (Å²) in [4.78, 5) is 23.4. The van der Waals surface area contributed by atoms with Gasteiger partial charge in [0.2, 0.25) is 5.95 Å². The van der Waals surface area contributed by atoms with Crippen LogP contribution in [0.15, 0.2) is 47.3 Å². The van der Waals surface area contributed by atoms with Crippen LogP contribution in [0.1, 0.15) is 10.4 Å². The number of benzene rings is 1. The molecule has 0 spiro atoms.